The van der Waals surface area contributed by atoms with E-state index in [0.717, 1.165) is 31.6 Å². The molecule has 0 spiro atoms. The highest BCUT2D eigenvalue weighted by atomic mass is 35.5. The Morgan fingerprint density at radius 1 is 1.11 bits per heavy atom. The van der Waals surface area contributed by atoms with Crippen molar-refractivity contribution < 1.29 is 10.1 Å². The number of hydrogen-bond acceptors (Lipinski definition) is 2. The van der Waals surface area contributed by atoms with Crippen LogP contribution in [-0.2, 0) is 4.89 Å². The first-order valence-electron chi connectivity index (χ1n) is 3.24. The van der Waals surface area contributed by atoms with Crippen molar-refractivity contribution in [2.45, 2.75) is 25.7 Å². The van der Waals surface area contributed by atoms with Gasteiger partial charge in [0.1, 0.15) is 0 Å². The van der Waals surface area contributed by atoms with E-state index >= 15 is 0 Å². The van der Waals surface area contributed by atoms with E-state index < -0.39 is 0 Å². The molecule has 0 aromatic heterocycles. The Kier molecular flexibility index (Phi) is 8.40. The summed E-state index contributed by atoms with van der Waals surface area (Å²) >= 11 is 5.43. The summed E-state index contributed by atoms with van der Waals surface area (Å²) in [5.41, 5.74) is 0. The van der Waals surface area contributed by atoms with Gasteiger partial charge < -0.3 is 0 Å². The van der Waals surface area contributed by atoms with Gasteiger partial charge in [-0.1, -0.05) is 12.8 Å². The summed E-state index contributed by atoms with van der Waals surface area (Å²) in [6.07, 6.45) is 4.21. The molecule has 0 atom stereocenters. The Labute approximate surface area is 60.7 Å². The van der Waals surface area contributed by atoms with E-state index in [1.165, 1.54) is 0 Å². The molecule has 3 heteroatoms. The Hall–Kier alpha value is 0.210. The van der Waals surface area contributed by atoms with Gasteiger partial charge in [0.25, 0.3) is 0 Å². The van der Waals surface area contributed by atoms with Gasteiger partial charge in [-0.2, -0.15) is 0 Å². The normalized spacial score (nSPS) is 10.0. The zero-order chi connectivity index (χ0) is 6.95. The molecule has 0 aromatic rings. The van der Waals surface area contributed by atoms with Gasteiger partial charge in [0.15, 0.2) is 0 Å². The molecule has 0 heterocycles. The molecule has 0 aliphatic rings. The molecule has 0 aliphatic carbocycles. The highest BCUT2D eigenvalue weighted by molar-refractivity contribution is 6.17. The summed E-state index contributed by atoms with van der Waals surface area (Å²) in [5.74, 6) is 0.736. The van der Waals surface area contributed by atoms with E-state index in [9.17, 15) is 0 Å². The molecule has 0 fully saturated rings. The average molecular weight is 153 g/mol. The van der Waals surface area contributed by atoms with E-state index in [1.54, 1.807) is 0 Å². The van der Waals surface area contributed by atoms with Crippen molar-refractivity contribution >= 4 is 11.6 Å². The van der Waals surface area contributed by atoms with Crippen molar-refractivity contribution in [2.75, 3.05) is 12.5 Å². The van der Waals surface area contributed by atoms with E-state index in [4.69, 9.17) is 16.9 Å². The van der Waals surface area contributed by atoms with Crippen LogP contribution < -0.4 is 0 Å². The van der Waals surface area contributed by atoms with Gasteiger partial charge >= 0.3 is 0 Å². The van der Waals surface area contributed by atoms with Crippen LogP contribution in [0.15, 0.2) is 0 Å². The fourth-order valence-electron chi connectivity index (χ4n) is 0.615. The summed E-state index contributed by atoms with van der Waals surface area (Å²) in [6, 6.07) is 0. The van der Waals surface area contributed by atoms with Gasteiger partial charge in [-0.15, -0.1) is 11.6 Å². The fraction of sp³-hybridized carbons (Fsp3) is 1.00. The lowest BCUT2D eigenvalue weighted by atomic mass is 10.2. The van der Waals surface area contributed by atoms with Gasteiger partial charge in [-0.3, -0.25) is 5.26 Å². The largest absolute Gasteiger partial charge is 0.252 e. The Morgan fingerprint density at radius 2 is 1.78 bits per heavy atom. The second kappa shape index (κ2) is 8.21. The van der Waals surface area contributed by atoms with Crippen molar-refractivity contribution in [3.8, 4) is 0 Å². The molecule has 0 aliphatic heterocycles. The van der Waals surface area contributed by atoms with E-state index in [2.05, 4.69) is 4.89 Å². The Balaban J connectivity index is 2.60. The van der Waals surface area contributed by atoms with Crippen LogP contribution in [0, 0.1) is 0 Å². The molecule has 0 bridgehead atoms. The number of unbranched alkanes of at least 4 members (excludes halogenated alkanes) is 3. The molecule has 0 amide bonds. The summed E-state index contributed by atoms with van der Waals surface area (Å²) in [6.45, 7) is 0.447. The van der Waals surface area contributed by atoms with E-state index in [-0.39, 0.29) is 0 Å². The average Bonchev–Trinajstić information content (AvgIpc) is 1.89. The van der Waals surface area contributed by atoms with Crippen LogP contribution in [0.1, 0.15) is 25.7 Å². The summed E-state index contributed by atoms with van der Waals surface area (Å²) < 4.78 is 0. The molecule has 9 heavy (non-hydrogen) atoms. The Bertz CT molecular complexity index is 44.3. The van der Waals surface area contributed by atoms with Crippen molar-refractivity contribution in [3.05, 3.63) is 0 Å². The molecular formula is C6H13ClO2. The molecule has 0 rings (SSSR count). The van der Waals surface area contributed by atoms with Crippen LogP contribution in [-0.4, -0.2) is 17.7 Å². The number of alkyl halides is 1. The molecular weight excluding hydrogens is 140 g/mol. The van der Waals surface area contributed by atoms with Gasteiger partial charge in [0, 0.05) is 5.88 Å². The van der Waals surface area contributed by atoms with Crippen molar-refractivity contribution in [1.82, 2.24) is 0 Å². The first-order chi connectivity index (χ1) is 4.41. The minimum Gasteiger partial charge on any atom is -0.252 e. The maximum Gasteiger partial charge on any atom is 0.0819 e. The maximum atomic E-state index is 7.90. The molecule has 0 radical (unpaired) electrons. The first kappa shape index (κ1) is 9.21. The van der Waals surface area contributed by atoms with Gasteiger partial charge in [0.2, 0.25) is 0 Å². The fourth-order valence-corrected chi connectivity index (χ4v) is 0.804. The zero-order valence-corrected chi connectivity index (χ0v) is 6.23. The molecule has 2 nitrogen and oxygen atoms in total. The highest BCUT2D eigenvalue weighted by Gasteiger charge is 1.87. The maximum absolute atomic E-state index is 7.90. The van der Waals surface area contributed by atoms with Crippen molar-refractivity contribution in [2.24, 2.45) is 0 Å². The predicted molar refractivity (Wildman–Crippen MR) is 37.8 cm³/mol. The standard InChI is InChI=1S/C6H13ClO2/c7-5-3-1-2-4-6-9-8/h8H,1-6H2. The van der Waals surface area contributed by atoms with Crippen LogP contribution in [0.25, 0.3) is 0 Å². The smallest absolute Gasteiger partial charge is 0.0819 e. The summed E-state index contributed by atoms with van der Waals surface area (Å²) in [5, 5.41) is 7.90. The van der Waals surface area contributed by atoms with Crippen LogP contribution in [0.4, 0.5) is 0 Å². The lowest BCUT2D eigenvalue weighted by molar-refractivity contribution is -0.242. The lowest BCUT2D eigenvalue weighted by Gasteiger charge is -1.95. The SMILES string of the molecule is OOCCCCCCCl. The summed E-state index contributed by atoms with van der Waals surface area (Å²) in [4.78, 5) is 3.89. The van der Waals surface area contributed by atoms with Crippen LogP contribution in [0.5, 0.6) is 0 Å². The monoisotopic (exact) mass is 152 g/mol. The second-order valence-electron chi connectivity index (χ2n) is 1.94. The highest BCUT2D eigenvalue weighted by Crippen LogP contribution is 2.00. The molecule has 56 valence electrons. The third-order valence-electron chi connectivity index (χ3n) is 1.12. The quantitative estimate of drug-likeness (QED) is 0.274. The zero-order valence-electron chi connectivity index (χ0n) is 5.48. The third-order valence-corrected chi connectivity index (χ3v) is 1.39. The Morgan fingerprint density at radius 3 is 2.33 bits per heavy atom. The number of hydrogen-bond donors (Lipinski definition) is 1. The van der Waals surface area contributed by atoms with Crippen LogP contribution in [0.3, 0.4) is 0 Å². The first-order valence-corrected chi connectivity index (χ1v) is 3.77. The second-order valence-corrected chi connectivity index (χ2v) is 2.31. The van der Waals surface area contributed by atoms with Crippen molar-refractivity contribution in [3.63, 3.8) is 0 Å². The van der Waals surface area contributed by atoms with Gasteiger partial charge in [-0.25, -0.2) is 4.89 Å². The topological polar surface area (TPSA) is 29.5 Å². The molecule has 0 aromatic carbocycles. The predicted octanol–water partition coefficient (Wildman–Crippen LogP) is 2.28. The molecule has 0 unspecified atom stereocenters. The van der Waals surface area contributed by atoms with Crippen molar-refractivity contribution in [1.29, 1.82) is 0 Å². The molecule has 0 saturated carbocycles. The number of halogens is 1. The van der Waals surface area contributed by atoms with Gasteiger partial charge in [0.05, 0.1) is 6.61 Å². The van der Waals surface area contributed by atoms with Gasteiger partial charge in [-0.05, 0) is 12.8 Å². The molecule has 1 N–H and O–H groups in total. The number of rotatable bonds is 6. The minimum atomic E-state index is 0.447. The lowest BCUT2D eigenvalue weighted by Crippen LogP contribution is -1.88. The van der Waals surface area contributed by atoms with Crippen LogP contribution >= 0.6 is 11.6 Å². The summed E-state index contributed by atoms with van der Waals surface area (Å²) in [7, 11) is 0. The minimum absolute atomic E-state index is 0.447. The van der Waals surface area contributed by atoms with E-state index in [0.29, 0.717) is 6.61 Å². The van der Waals surface area contributed by atoms with E-state index in [1.807, 2.05) is 0 Å². The third kappa shape index (κ3) is 8.21. The molecule has 0 saturated heterocycles. The van der Waals surface area contributed by atoms with Crippen LogP contribution in [0.2, 0.25) is 0 Å².